The third kappa shape index (κ3) is 2.47. The van der Waals surface area contributed by atoms with Crippen molar-refractivity contribution in [2.75, 3.05) is 0 Å². The van der Waals surface area contributed by atoms with E-state index in [9.17, 15) is 0 Å². The van der Waals surface area contributed by atoms with Crippen molar-refractivity contribution >= 4 is 39.3 Å². The second-order valence-corrected chi connectivity index (χ2v) is 4.71. The zero-order valence-electron chi connectivity index (χ0n) is 7.55. The first kappa shape index (κ1) is 10.8. The van der Waals surface area contributed by atoms with Gasteiger partial charge in [0.15, 0.2) is 5.16 Å². The molecule has 78 valence electrons. The van der Waals surface area contributed by atoms with Crippen LogP contribution in [0, 0.1) is 0 Å². The molecule has 0 aliphatic carbocycles. The molecule has 0 radical (unpaired) electrons. The van der Waals surface area contributed by atoms with Gasteiger partial charge in [0.25, 0.3) is 0 Å². The number of aromatic nitrogens is 5. The SMILES string of the molecule is Cn1ncnc1Sc1nc(Cl)ncc1Br. The van der Waals surface area contributed by atoms with E-state index in [1.54, 1.807) is 10.9 Å². The van der Waals surface area contributed by atoms with E-state index in [1.807, 2.05) is 7.05 Å². The highest BCUT2D eigenvalue weighted by Crippen LogP contribution is 2.30. The highest BCUT2D eigenvalue weighted by molar-refractivity contribution is 9.10. The molecule has 8 heteroatoms. The summed E-state index contributed by atoms with van der Waals surface area (Å²) in [6.45, 7) is 0. The molecule has 0 aliphatic rings. The summed E-state index contributed by atoms with van der Waals surface area (Å²) in [6.07, 6.45) is 3.09. The fraction of sp³-hybridized carbons (Fsp3) is 0.143. The van der Waals surface area contributed by atoms with Crippen LogP contribution in [-0.4, -0.2) is 24.7 Å². The summed E-state index contributed by atoms with van der Waals surface area (Å²) in [7, 11) is 1.81. The Hall–Kier alpha value is -0.660. The lowest BCUT2D eigenvalue weighted by molar-refractivity contribution is 0.684. The molecule has 15 heavy (non-hydrogen) atoms. The van der Waals surface area contributed by atoms with Gasteiger partial charge >= 0.3 is 0 Å². The molecule has 0 aromatic carbocycles. The van der Waals surface area contributed by atoms with Crippen LogP contribution in [0.1, 0.15) is 0 Å². The molecule has 0 N–H and O–H groups in total. The first-order chi connectivity index (χ1) is 7.16. The molecule has 0 saturated heterocycles. The van der Waals surface area contributed by atoms with Crippen LogP contribution >= 0.6 is 39.3 Å². The normalized spacial score (nSPS) is 10.6. The molecule has 0 fully saturated rings. The van der Waals surface area contributed by atoms with E-state index in [0.717, 1.165) is 9.63 Å². The third-order valence-electron chi connectivity index (χ3n) is 1.54. The van der Waals surface area contributed by atoms with E-state index in [0.29, 0.717) is 5.03 Å². The summed E-state index contributed by atoms with van der Waals surface area (Å²) < 4.78 is 2.44. The van der Waals surface area contributed by atoms with Crippen molar-refractivity contribution in [3.05, 3.63) is 22.3 Å². The van der Waals surface area contributed by atoms with Crippen LogP contribution in [0.5, 0.6) is 0 Å². The molecule has 0 bridgehead atoms. The average Bonchev–Trinajstić information content (AvgIpc) is 2.58. The Morgan fingerprint density at radius 1 is 1.47 bits per heavy atom. The van der Waals surface area contributed by atoms with Crippen LogP contribution in [0.15, 0.2) is 27.2 Å². The summed E-state index contributed by atoms with van der Waals surface area (Å²) in [5.41, 5.74) is 0. The molecule has 2 aromatic heterocycles. The largest absolute Gasteiger partial charge is 0.244 e. The van der Waals surface area contributed by atoms with E-state index >= 15 is 0 Å². The standard InChI is InChI=1S/C7H5BrClN5S/c1-14-7(11-3-12-14)15-5-4(8)2-10-6(9)13-5/h2-3H,1H3. The molecule has 2 heterocycles. The predicted molar refractivity (Wildman–Crippen MR) is 59.9 cm³/mol. The molecule has 2 rings (SSSR count). The van der Waals surface area contributed by atoms with Crippen LogP contribution in [-0.2, 0) is 7.05 Å². The number of halogens is 2. The smallest absolute Gasteiger partial charge is 0.223 e. The summed E-state index contributed by atoms with van der Waals surface area (Å²) in [5.74, 6) is 0. The van der Waals surface area contributed by atoms with Gasteiger partial charge in [-0.15, -0.1) is 0 Å². The minimum atomic E-state index is 0.211. The van der Waals surface area contributed by atoms with E-state index in [-0.39, 0.29) is 5.28 Å². The fourth-order valence-electron chi connectivity index (χ4n) is 0.867. The predicted octanol–water partition coefficient (Wildman–Crippen LogP) is 2.17. The van der Waals surface area contributed by atoms with Gasteiger partial charge < -0.3 is 0 Å². The van der Waals surface area contributed by atoms with Crippen molar-refractivity contribution in [3.8, 4) is 0 Å². The van der Waals surface area contributed by atoms with Crippen LogP contribution < -0.4 is 0 Å². The third-order valence-corrected chi connectivity index (χ3v) is 3.62. The number of hydrogen-bond acceptors (Lipinski definition) is 5. The number of aryl methyl sites for hydroxylation is 1. The summed E-state index contributed by atoms with van der Waals surface area (Å²) in [5, 5.41) is 5.62. The Morgan fingerprint density at radius 2 is 2.27 bits per heavy atom. The van der Waals surface area contributed by atoms with Crippen molar-refractivity contribution in [3.63, 3.8) is 0 Å². The Labute approximate surface area is 103 Å². The maximum Gasteiger partial charge on any atom is 0.223 e. The van der Waals surface area contributed by atoms with Crippen LogP contribution in [0.3, 0.4) is 0 Å². The van der Waals surface area contributed by atoms with Crippen molar-refractivity contribution < 1.29 is 0 Å². The first-order valence-corrected chi connectivity index (χ1v) is 5.85. The Balaban J connectivity index is 2.32. The van der Waals surface area contributed by atoms with Crippen LogP contribution in [0.4, 0.5) is 0 Å². The minimum Gasteiger partial charge on any atom is -0.244 e. The highest BCUT2D eigenvalue weighted by atomic mass is 79.9. The maximum atomic E-state index is 5.70. The fourth-order valence-corrected chi connectivity index (χ4v) is 2.22. The number of nitrogens with zero attached hydrogens (tertiary/aromatic N) is 5. The van der Waals surface area contributed by atoms with E-state index in [1.165, 1.54) is 18.1 Å². The highest BCUT2D eigenvalue weighted by Gasteiger charge is 2.09. The van der Waals surface area contributed by atoms with Crippen molar-refractivity contribution in [2.24, 2.45) is 7.05 Å². The lowest BCUT2D eigenvalue weighted by atomic mass is 10.7. The quantitative estimate of drug-likeness (QED) is 0.629. The second-order valence-electron chi connectivity index (χ2n) is 2.56. The molecular weight excluding hydrogens is 302 g/mol. The van der Waals surface area contributed by atoms with Crippen molar-refractivity contribution in [1.29, 1.82) is 0 Å². The first-order valence-electron chi connectivity index (χ1n) is 3.86. The Bertz CT molecular complexity index is 488. The van der Waals surface area contributed by atoms with E-state index < -0.39 is 0 Å². The minimum absolute atomic E-state index is 0.211. The van der Waals surface area contributed by atoms with E-state index in [4.69, 9.17) is 11.6 Å². The van der Waals surface area contributed by atoms with Gasteiger partial charge in [-0.25, -0.2) is 19.6 Å². The van der Waals surface area contributed by atoms with Crippen LogP contribution in [0.25, 0.3) is 0 Å². The molecule has 0 amide bonds. The van der Waals surface area contributed by atoms with Crippen molar-refractivity contribution in [1.82, 2.24) is 24.7 Å². The molecule has 2 aromatic rings. The van der Waals surface area contributed by atoms with Gasteiger partial charge in [-0.05, 0) is 39.3 Å². The van der Waals surface area contributed by atoms with Gasteiger partial charge in [-0.1, -0.05) is 0 Å². The van der Waals surface area contributed by atoms with Gasteiger partial charge in [-0.3, -0.25) is 0 Å². The molecule has 5 nitrogen and oxygen atoms in total. The van der Waals surface area contributed by atoms with Gasteiger partial charge in [0.1, 0.15) is 11.4 Å². The van der Waals surface area contributed by atoms with Crippen LogP contribution in [0.2, 0.25) is 5.28 Å². The summed E-state index contributed by atoms with van der Waals surface area (Å²) in [4.78, 5) is 12.0. The Morgan fingerprint density at radius 3 is 2.93 bits per heavy atom. The van der Waals surface area contributed by atoms with Gasteiger partial charge in [0.05, 0.1) is 4.47 Å². The average molecular weight is 307 g/mol. The molecule has 0 spiro atoms. The molecule has 0 atom stereocenters. The van der Waals surface area contributed by atoms with Gasteiger partial charge in [0.2, 0.25) is 5.28 Å². The molecule has 0 saturated carbocycles. The van der Waals surface area contributed by atoms with Gasteiger partial charge in [0, 0.05) is 13.2 Å². The van der Waals surface area contributed by atoms with E-state index in [2.05, 4.69) is 36.0 Å². The number of hydrogen-bond donors (Lipinski definition) is 0. The van der Waals surface area contributed by atoms with Gasteiger partial charge in [-0.2, -0.15) is 5.10 Å². The molecule has 0 unspecified atom stereocenters. The molecule has 0 aliphatic heterocycles. The topological polar surface area (TPSA) is 56.5 Å². The second kappa shape index (κ2) is 4.46. The zero-order valence-corrected chi connectivity index (χ0v) is 10.7. The zero-order chi connectivity index (χ0) is 10.8. The molecular formula is C7H5BrClN5S. The summed E-state index contributed by atoms with van der Waals surface area (Å²) >= 11 is 10.4. The number of rotatable bonds is 2. The maximum absolute atomic E-state index is 5.70. The summed E-state index contributed by atoms with van der Waals surface area (Å²) in [6, 6.07) is 0. The van der Waals surface area contributed by atoms with Crippen molar-refractivity contribution in [2.45, 2.75) is 10.2 Å². The lowest BCUT2D eigenvalue weighted by Crippen LogP contribution is -1.94. The Kier molecular flexibility index (Phi) is 3.22. The monoisotopic (exact) mass is 305 g/mol. The lowest BCUT2D eigenvalue weighted by Gasteiger charge is -2.01.